The van der Waals surface area contributed by atoms with Crippen LogP contribution in [0.1, 0.15) is 30.3 Å². The normalized spacial score (nSPS) is 19.8. The lowest BCUT2D eigenvalue weighted by molar-refractivity contribution is 0.374. The molecule has 0 bridgehead atoms. The molecule has 3 heteroatoms. The van der Waals surface area contributed by atoms with Crippen molar-refractivity contribution in [3.05, 3.63) is 17.8 Å². The van der Waals surface area contributed by atoms with Crippen LogP contribution < -0.4 is 5.32 Å². The third kappa shape index (κ3) is 1.50. The van der Waals surface area contributed by atoms with Crippen molar-refractivity contribution in [3.8, 4) is 0 Å². The molecule has 2 rings (SSSR count). The predicted octanol–water partition coefficient (Wildman–Crippen LogP) is 1.45. The molecule has 3 nitrogen and oxygen atoms in total. The maximum absolute atomic E-state index is 5.36. The van der Waals surface area contributed by atoms with Gasteiger partial charge in [-0.05, 0) is 32.9 Å². The van der Waals surface area contributed by atoms with Crippen LogP contribution in [0, 0.1) is 6.92 Å². The summed E-state index contributed by atoms with van der Waals surface area (Å²) in [5.41, 5.74) is 0.989. The molecule has 0 amide bonds. The van der Waals surface area contributed by atoms with Gasteiger partial charge >= 0.3 is 0 Å². The minimum Gasteiger partial charge on any atom is -0.448 e. The van der Waals surface area contributed by atoms with Crippen molar-refractivity contribution in [3.63, 3.8) is 0 Å². The summed E-state index contributed by atoms with van der Waals surface area (Å²) in [5, 5.41) is 3.32. The van der Waals surface area contributed by atoms with E-state index >= 15 is 0 Å². The summed E-state index contributed by atoms with van der Waals surface area (Å²) in [6.45, 7) is 4.15. The Morgan fingerprint density at radius 3 is 2.83 bits per heavy atom. The summed E-state index contributed by atoms with van der Waals surface area (Å²) in [4.78, 5) is 4.34. The third-order valence-corrected chi connectivity index (χ3v) is 2.33. The lowest BCUT2D eigenvalue weighted by Gasteiger charge is -2.19. The monoisotopic (exact) mass is 166 g/mol. The Morgan fingerprint density at radius 2 is 2.25 bits per heavy atom. The highest BCUT2D eigenvalue weighted by molar-refractivity contribution is 4.99. The van der Waals surface area contributed by atoms with Gasteiger partial charge in [-0.25, -0.2) is 4.98 Å². The first-order valence-electron chi connectivity index (χ1n) is 4.49. The predicted molar refractivity (Wildman–Crippen MR) is 46.1 cm³/mol. The first kappa shape index (κ1) is 7.80. The summed E-state index contributed by atoms with van der Waals surface area (Å²) < 4.78 is 5.36. The first-order chi connectivity index (χ1) is 5.86. The zero-order chi connectivity index (χ0) is 8.39. The molecule has 1 aromatic rings. The van der Waals surface area contributed by atoms with E-state index in [1.54, 1.807) is 6.26 Å². The Balaban J connectivity index is 2.08. The van der Waals surface area contributed by atoms with Crippen molar-refractivity contribution >= 4 is 0 Å². The maximum Gasteiger partial charge on any atom is 0.197 e. The molecule has 1 aliphatic rings. The molecule has 0 aliphatic carbocycles. The molecule has 1 N–H and O–H groups in total. The van der Waals surface area contributed by atoms with Crippen LogP contribution in [0.15, 0.2) is 10.7 Å². The molecule has 0 unspecified atom stereocenters. The second kappa shape index (κ2) is 3.27. The van der Waals surface area contributed by atoms with Gasteiger partial charge < -0.3 is 9.73 Å². The number of hydrogen-bond donors (Lipinski definition) is 1. The van der Waals surface area contributed by atoms with Crippen LogP contribution >= 0.6 is 0 Å². The number of nitrogens with one attached hydrogen (secondary N) is 1. The quantitative estimate of drug-likeness (QED) is 0.686. The van der Waals surface area contributed by atoms with Gasteiger partial charge in [0.15, 0.2) is 5.89 Å². The zero-order valence-electron chi connectivity index (χ0n) is 7.34. The lowest BCUT2D eigenvalue weighted by atomic mass is 9.98. The average Bonchev–Trinajstić information content (AvgIpc) is 2.54. The number of piperidine rings is 1. The molecular formula is C9H14N2O. The fraction of sp³-hybridized carbons (Fsp3) is 0.667. The van der Waals surface area contributed by atoms with Crippen LogP contribution in [0.4, 0.5) is 0 Å². The van der Waals surface area contributed by atoms with E-state index in [4.69, 9.17) is 4.42 Å². The van der Waals surface area contributed by atoms with Gasteiger partial charge in [0.2, 0.25) is 0 Å². The van der Waals surface area contributed by atoms with E-state index in [1.165, 1.54) is 0 Å². The van der Waals surface area contributed by atoms with Crippen LogP contribution in [0.5, 0.6) is 0 Å². The standard InChI is InChI=1S/C9H14N2O/c1-7-6-12-9(11-7)8-2-4-10-5-3-8/h6,8,10H,2-5H2,1H3. The summed E-state index contributed by atoms with van der Waals surface area (Å²) in [6, 6.07) is 0. The van der Waals surface area contributed by atoms with Gasteiger partial charge in [-0.2, -0.15) is 0 Å². The Hall–Kier alpha value is -0.830. The largest absolute Gasteiger partial charge is 0.448 e. The summed E-state index contributed by atoms with van der Waals surface area (Å²) in [7, 11) is 0. The molecule has 66 valence electrons. The van der Waals surface area contributed by atoms with Gasteiger partial charge in [-0.3, -0.25) is 0 Å². The SMILES string of the molecule is Cc1coc(C2CCNCC2)n1. The van der Waals surface area contributed by atoms with E-state index in [9.17, 15) is 0 Å². The average molecular weight is 166 g/mol. The molecule has 12 heavy (non-hydrogen) atoms. The summed E-state index contributed by atoms with van der Waals surface area (Å²) in [5.74, 6) is 1.47. The molecule has 0 spiro atoms. The molecule has 1 fully saturated rings. The number of nitrogens with zero attached hydrogens (tertiary/aromatic N) is 1. The Bertz CT molecular complexity index is 251. The van der Waals surface area contributed by atoms with Gasteiger partial charge in [0, 0.05) is 5.92 Å². The Kier molecular flexibility index (Phi) is 2.13. The minimum atomic E-state index is 0.542. The molecule has 2 heterocycles. The van der Waals surface area contributed by atoms with E-state index in [1.807, 2.05) is 6.92 Å². The van der Waals surface area contributed by atoms with Gasteiger partial charge in [-0.1, -0.05) is 0 Å². The molecule has 1 aliphatic heterocycles. The number of aromatic nitrogens is 1. The Labute approximate surface area is 72.2 Å². The highest BCUT2D eigenvalue weighted by Crippen LogP contribution is 2.23. The van der Waals surface area contributed by atoms with Crippen LogP contribution in [0.3, 0.4) is 0 Å². The van der Waals surface area contributed by atoms with Gasteiger partial charge in [0.1, 0.15) is 6.26 Å². The van der Waals surface area contributed by atoms with E-state index in [0.29, 0.717) is 5.92 Å². The first-order valence-corrected chi connectivity index (χ1v) is 4.49. The van der Waals surface area contributed by atoms with Crippen LogP contribution in [0.25, 0.3) is 0 Å². The summed E-state index contributed by atoms with van der Waals surface area (Å²) >= 11 is 0. The van der Waals surface area contributed by atoms with E-state index in [-0.39, 0.29) is 0 Å². The number of aryl methyl sites for hydroxylation is 1. The minimum absolute atomic E-state index is 0.542. The van der Waals surface area contributed by atoms with Crippen molar-refractivity contribution in [2.24, 2.45) is 0 Å². The Morgan fingerprint density at radius 1 is 1.50 bits per heavy atom. The lowest BCUT2D eigenvalue weighted by Crippen LogP contribution is -2.26. The van der Waals surface area contributed by atoms with Crippen molar-refractivity contribution in [2.75, 3.05) is 13.1 Å². The molecule has 0 saturated carbocycles. The van der Waals surface area contributed by atoms with E-state index < -0.39 is 0 Å². The fourth-order valence-corrected chi connectivity index (χ4v) is 1.63. The molecule has 1 aromatic heterocycles. The smallest absolute Gasteiger partial charge is 0.197 e. The molecule has 1 saturated heterocycles. The van der Waals surface area contributed by atoms with E-state index in [0.717, 1.165) is 37.5 Å². The van der Waals surface area contributed by atoms with Crippen LogP contribution in [-0.4, -0.2) is 18.1 Å². The second-order valence-corrected chi connectivity index (χ2v) is 3.35. The third-order valence-electron chi connectivity index (χ3n) is 2.33. The van der Waals surface area contributed by atoms with Crippen molar-refractivity contribution < 1.29 is 4.42 Å². The second-order valence-electron chi connectivity index (χ2n) is 3.35. The van der Waals surface area contributed by atoms with Crippen LogP contribution in [-0.2, 0) is 0 Å². The molecule has 0 aromatic carbocycles. The number of rotatable bonds is 1. The maximum atomic E-state index is 5.36. The number of hydrogen-bond acceptors (Lipinski definition) is 3. The highest BCUT2D eigenvalue weighted by atomic mass is 16.3. The van der Waals surface area contributed by atoms with Gasteiger partial charge in [0.25, 0.3) is 0 Å². The summed E-state index contributed by atoms with van der Waals surface area (Å²) in [6.07, 6.45) is 4.04. The fourth-order valence-electron chi connectivity index (χ4n) is 1.63. The molecule has 0 radical (unpaired) electrons. The number of oxazole rings is 1. The van der Waals surface area contributed by atoms with Crippen molar-refractivity contribution in [1.29, 1.82) is 0 Å². The van der Waals surface area contributed by atoms with Crippen molar-refractivity contribution in [1.82, 2.24) is 10.3 Å². The topological polar surface area (TPSA) is 38.1 Å². The molecule has 0 atom stereocenters. The van der Waals surface area contributed by atoms with Crippen molar-refractivity contribution in [2.45, 2.75) is 25.7 Å². The van der Waals surface area contributed by atoms with E-state index in [2.05, 4.69) is 10.3 Å². The zero-order valence-corrected chi connectivity index (χ0v) is 7.34. The highest BCUT2D eigenvalue weighted by Gasteiger charge is 2.19. The van der Waals surface area contributed by atoms with Crippen LogP contribution in [0.2, 0.25) is 0 Å². The van der Waals surface area contributed by atoms with Gasteiger partial charge in [-0.15, -0.1) is 0 Å². The molecular weight excluding hydrogens is 152 g/mol. The van der Waals surface area contributed by atoms with Gasteiger partial charge in [0.05, 0.1) is 5.69 Å².